The molecule has 0 saturated carbocycles. The summed E-state index contributed by atoms with van der Waals surface area (Å²) >= 11 is 6.05. The average Bonchev–Trinajstić information content (AvgIpc) is 2.49. The van der Waals surface area contributed by atoms with E-state index in [2.05, 4.69) is 0 Å². The van der Waals surface area contributed by atoms with E-state index in [9.17, 15) is 18.5 Å². The van der Waals surface area contributed by atoms with E-state index < -0.39 is 14.9 Å². The Kier molecular flexibility index (Phi) is 5.03. The van der Waals surface area contributed by atoms with Gasteiger partial charge in [0.2, 0.25) is 10.0 Å². The number of non-ortho nitro benzene ring substituents is 1. The zero-order valence-electron chi connectivity index (χ0n) is 12.6. The van der Waals surface area contributed by atoms with Crippen molar-refractivity contribution in [2.45, 2.75) is 18.4 Å². The summed E-state index contributed by atoms with van der Waals surface area (Å²) in [7, 11) is -2.46. The quantitative estimate of drug-likeness (QED) is 0.609. The number of nitro benzene ring substituents is 1. The minimum atomic E-state index is -3.87. The van der Waals surface area contributed by atoms with Gasteiger partial charge in [-0.05, 0) is 24.1 Å². The van der Waals surface area contributed by atoms with Crippen LogP contribution in [0.2, 0.25) is 5.02 Å². The SMILES string of the molecule is Cc1ccc([N+](=O)[O-])cc1S(=O)(=O)N(C)Cc1ccccc1Cl. The Balaban J connectivity index is 2.40. The second kappa shape index (κ2) is 6.66. The van der Waals surface area contributed by atoms with E-state index in [0.29, 0.717) is 16.1 Å². The van der Waals surface area contributed by atoms with Gasteiger partial charge < -0.3 is 0 Å². The van der Waals surface area contributed by atoms with E-state index in [0.717, 1.165) is 10.4 Å². The van der Waals surface area contributed by atoms with Gasteiger partial charge >= 0.3 is 0 Å². The lowest BCUT2D eigenvalue weighted by Crippen LogP contribution is -2.27. The van der Waals surface area contributed by atoms with Crippen molar-refractivity contribution in [2.24, 2.45) is 0 Å². The minimum absolute atomic E-state index is 0.0736. The van der Waals surface area contributed by atoms with Crippen LogP contribution in [0.3, 0.4) is 0 Å². The van der Waals surface area contributed by atoms with Crippen LogP contribution >= 0.6 is 11.6 Å². The van der Waals surface area contributed by atoms with Crippen molar-refractivity contribution in [3.05, 3.63) is 68.7 Å². The Hall–Kier alpha value is -1.96. The highest BCUT2D eigenvalue weighted by molar-refractivity contribution is 7.89. The van der Waals surface area contributed by atoms with E-state index in [1.165, 1.54) is 19.2 Å². The van der Waals surface area contributed by atoms with E-state index >= 15 is 0 Å². The van der Waals surface area contributed by atoms with Crippen molar-refractivity contribution >= 4 is 27.3 Å². The molecule has 0 bridgehead atoms. The molecule has 0 aromatic heterocycles. The topological polar surface area (TPSA) is 80.5 Å². The molecule has 0 aliphatic heterocycles. The molecule has 8 heteroatoms. The monoisotopic (exact) mass is 354 g/mol. The molecule has 0 aliphatic rings. The normalized spacial score (nSPS) is 11.7. The van der Waals surface area contributed by atoms with Crippen molar-refractivity contribution in [3.8, 4) is 0 Å². The first-order valence-corrected chi connectivity index (χ1v) is 8.50. The summed E-state index contributed by atoms with van der Waals surface area (Å²) in [5, 5.41) is 11.3. The first-order valence-electron chi connectivity index (χ1n) is 6.68. The van der Waals surface area contributed by atoms with Crippen LogP contribution < -0.4 is 0 Å². The molecular weight excluding hydrogens is 340 g/mol. The second-order valence-corrected chi connectivity index (χ2v) is 7.48. The van der Waals surface area contributed by atoms with Crippen LogP contribution in [0.5, 0.6) is 0 Å². The Morgan fingerprint density at radius 1 is 1.22 bits per heavy atom. The summed E-state index contributed by atoms with van der Waals surface area (Å²) < 4.78 is 26.5. The molecule has 2 aromatic carbocycles. The molecular formula is C15H15ClN2O4S. The maximum absolute atomic E-state index is 12.7. The number of halogens is 1. The molecule has 2 aromatic rings. The molecule has 6 nitrogen and oxygen atoms in total. The van der Waals surface area contributed by atoms with Crippen molar-refractivity contribution in [3.63, 3.8) is 0 Å². The highest BCUT2D eigenvalue weighted by Crippen LogP contribution is 2.26. The number of nitrogens with zero attached hydrogens (tertiary/aromatic N) is 2. The van der Waals surface area contributed by atoms with E-state index in [1.807, 2.05) is 0 Å². The predicted molar refractivity (Wildman–Crippen MR) is 87.9 cm³/mol. The molecule has 0 heterocycles. The molecule has 0 saturated heterocycles. The van der Waals surface area contributed by atoms with Crippen LogP contribution in [-0.4, -0.2) is 24.7 Å². The van der Waals surface area contributed by atoms with Crippen LogP contribution in [-0.2, 0) is 16.6 Å². The Morgan fingerprint density at radius 2 is 1.87 bits per heavy atom. The molecule has 0 amide bonds. The van der Waals surface area contributed by atoms with E-state index in [-0.39, 0.29) is 17.1 Å². The molecule has 0 radical (unpaired) electrons. The molecule has 23 heavy (non-hydrogen) atoms. The summed E-state index contributed by atoms with van der Waals surface area (Å²) in [6, 6.07) is 10.7. The van der Waals surface area contributed by atoms with E-state index in [1.54, 1.807) is 31.2 Å². The fourth-order valence-corrected chi connectivity index (χ4v) is 3.68. The average molecular weight is 355 g/mol. The fourth-order valence-electron chi connectivity index (χ4n) is 2.10. The number of nitro groups is 1. The van der Waals surface area contributed by atoms with Gasteiger partial charge in [-0.1, -0.05) is 35.9 Å². The first kappa shape index (κ1) is 17.4. The van der Waals surface area contributed by atoms with Crippen LogP contribution in [0.25, 0.3) is 0 Å². The fraction of sp³-hybridized carbons (Fsp3) is 0.200. The highest BCUT2D eigenvalue weighted by atomic mass is 35.5. The third-order valence-corrected chi connectivity index (χ3v) is 5.74. The molecule has 2 rings (SSSR count). The lowest BCUT2D eigenvalue weighted by Gasteiger charge is -2.19. The van der Waals surface area contributed by atoms with Gasteiger partial charge in [0.05, 0.1) is 9.82 Å². The Bertz CT molecular complexity index is 852. The van der Waals surface area contributed by atoms with Gasteiger partial charge in [0.1, 0.15) is 0 Å². The first-order chi connectivity index (χ1) is 10.7. The zero-order chi connectivity index (χ0) is 17.2. The summed E-state index contributed by atoms with van der Waals surface area (Å²) in [6.45, 7) is 1.67. The molecule has 0 atom stereocenters. The van der Waals surface area contributed by atoms with Crippen molar-refractivity contribution < 1.29 is 13.3 Å². The number of hydrogen-bond acceptors (Lipinski definition) is 4. The van der Waals surface area contributed by atoms with Gasteiger partial charge in [-0.15, -0.1) is 0 Å². The zero-order valence-corrected chi connectivity index (χ0v) is 14.1. The minimum Gasteiger partial charge on any atom is -0.258 e. The molecule has 0 N–H and O–H groups in total. The van der Waals surface area contributed by atoms with Crippen molar-refractivity contribution in [2.75, 3.05) is 7.05 Å². The molecule has 0 unspecified atom stereocenters. The lowest BCUT2D eigenvalue weighted by atomic mass is 10.2. The predicted octanol–water partition coefficient (Wildman–Crippen LogP) is 3.38. The summed E-state index contributed by atoms with van der Waals surface area (Å²) in [6.07, 6.45) is 0. The maximum atomic E-state index is 12.7. The largest absolute Gasteiger partial charge is 0.270 e. The summed E-state index contributed by atoms with van der Waals surface area (Å²) in [5.74, 6) is 0. The number of sulfonamides is 1. The van der Waals surface area contributed by atoms with Crippen LogP contribution in [0.1, 0.15) is 11.1 Å². The molecule has 122 valence electrons. The number of hydrogen-bond donors (Lipinski definition) is 0. The second-order valence-electron chi connectivity index (χ2n) is 5.06. The number of aryl methyl sites for hydroxylation is 1. The molecule has 0 spiro atoms. The molecule has 0 fully saturated rings. The van der Waals surface area contributed by atoms with Crippen molar-refractivity contribution in [1.82, 2.24) is 4.31 Å². The van der Waals surface area contributed by atoms with Gasteiger partial charge in [0.15, 0.2) is 0 Å². The van der Waals surface area contributed by atoms with Crippen LogP contribution in [0.15, 0.2) is 47.4 Å². The summed E-state index contributed by atoms with van der Waals surface area (Å²) in [4.78, 5) is 10.2. The van der Waals surface area contributed by atoms with Gasteiger partial charge in [-0.2, -0.15) is 4.31 Å². The van der Waals surface area contributed by atoms with Crippen LogP contribution in [0, 0.1) is 17.0 Å². The summed E-state index contributed by atoms with van der Waals surface area (Å²) in [5.41, 5.74) is 0.838. The van der Waals surface area contributed by atoms with Crippen LogP contribution in [0.4, 0.5) is 5.69 Å². The maximum Gasteiger partial charge on any atom is 0.270 e. The number of rotatable bonds is 5. The van der Waals surface area contributed by atoms with Gasteiger partial charge in [-0.25, -0.2) is 8.42 Å². The van der Waals surface area contributed by atoms with Gasteiger partial charge in [0, 0.05) is 30.7 Å². The smallest absolute Gasteiger partial charge is 0.258 e. The Morgan fingerprint density at radius 3 is 2.48 bits per heavy atom. The van der Waals surface area contributed by atoms with Crippen molar-refractivity contribution in [1.29, 1.82) is 0 Å². The standard InChI is InChI=1S/C15H15ClN2O4S/c1-11-7-8-13(18(19)20)9-15(11)23(21,22)17(2)10-12-5-3-4-6-14(12)16/h3-9H,10H2,1-2H3. The third kappa shape index (κ3) is 3.69. The lowest BCUT2D eigenvalue weighted by molar-refractivity contribution is -0.385. The number of benzene rings is 2. The highest BCUT2D eigenvalue weighted by Gasteiger charge is 2.25. The Labute approximate surface area is 139 Å². The van der Waals surface area contributed by atoms with Gasteiger partial charge in [-0.3, -0.25) is 10.1 Å². The third-order valence-electron chi connectivity index (χ3n) is 3.42. The molecule has 0 aliphatic carbocycles. The van der Waals surface area contributed by atoms with E-state index in [4.69, 9.17) is 11.6 Å². The van der Waals surface area contributed by atoms with Gasteiger partial charge in [0.25, 0.3) is 5.69 Å².